The van der Waals surface area contributed by atoms with Gasteiger partial charge in [-0.2, -0.15) is 8.42 Å². The van der Waals surface area contributed by atoms with E-state index in [9.17, 15) is 8.42 Å². The van der Waals surface area contributed by atoms with Crippen LogP contribution in [0.4, 0.5) is 0 Å². The molecule has 1 aliphatic rings. The normalized spacial score (nSPS) is 16.3. The van der Waals surface area contributed by atoms with E-state index in [0.717, 1.165) is 17.1 Å². The van der Waals surface area contributed by atoms with Crippen molar-refractivity contribution in [1.29, 1.82) is 0 Å². The molecule has 1 aliphatic carbocycles. The zero-order valence-electron chi connectivity index (χ0n) is 15.2. The second-order valence-corrected chi connectivity index (χ2v) is 11.1. The molecule has 0 aliphatic heterocycles. The molecule has 0 saturated heterocycles. The first-order valence-corrected chi connectivity index (χ1v) is 11.5. The van der Waals surface area contributed by atoms with Gasteiger partial charge in [0.15, 0.2) is 0 Å². The second kappa shape index (κ2) is 6.97. The quantitative estimate of drug-likeness (QED) is 0.669. The maximum absolute atomic E-state index is 12.9. The molecule has 0 unspecified atom stereocenters. The fourth-order valence-electron chi connectivity index (χ4n) is 2.86. The summed E-state index contributed by atoms with van der Waals surface area (Å²) >= 11 is 13.4. The van der Waals surface area contributed by atoms with Gasteiger partial charge in [0.2, 0.25) is 4.80 Å². The van der Waals surface area contributed by atoms with Crippen LogP contribution < -0.4 is 4.80 Å². The smallest absolute Gasteiger partial charge is 0.286 e. The maximum Gasteiger partial charge on any atom is 0.286 e. The van der Waals surface area contributed by atoms with Crippen LogP contribution in [0.25, 0.3) is 0 Å². The lowest BCUT2D eigenvalue weighted by Gasteiger charge is -2.17. The molecule has 0 spiro atoms. The summed E-state index contributed by atoms with van der Waals surface area (Å²) in [5.74, 6) is 0.608. The molecule has 0 bridgehead atoms. The van der Waals surface area contributed by atoms with E-state index >= 15 is 0 Å². The lowest BCUT2D eigenvalue weighted by molar-refractivity contribution is 0.562. The largest absolute Gasteiger partial charge is 0.320 e. The zero-order valence-corrected chi connectivity index (χ0v) is 18.4. The minimum Gasteiger partial charge on any atom is -0.320 e. The molecule has 142 valence electrons. The van der Waals surface area contributed by atoms with Gasteiger partial charge in [-0.05, 0) is 49.3 Å². The van der Waals surface area contributed by atoms with E-state index in [2.05, 4.69) is 25.2 Å². The van der Waals surface area contributed by atoms with Crippen molar-refractivity contribution < 1.29 is 8.42 Å². The predicted molar refractivity (Wildman–Crippen MR) is 108 cm³/mol. The van der Waals surface area contributed by atoms with E-state index in [1.165, 1.54) is 42.4 Å². The molecule has 1 aromatic heterocycles. The van der Waals surface area contributed by atoms with Crippen LogP contribution in [0.5, 0.6) is 0 Å². The molecule has 3 rings (SSSR count). The Labute approximate surface area is 168 Å². The second-order valence-electron chi connectivity index (χ2n) is 7.74. The van der Waals surface area contributed by atoms with Crippen LogP contribution in [0.15, 0.2) is 27.5 Å². The van der Waals surface area contributed by atoms with Crippen LogP contribution in [-0.4, -0.2) is 13.0 Å². The molecule has 0 N–H and O–H groups in total. The maximum atomic E-state index is 12.9. The Bertz CT molecular complexity index is 1010. The van der Waals surface area contributed by atoms with E-state index in [-0.39, 0.29) is 15.3 Å². The van der Waals surface area contributed by atoms with Gasteiger partial charge in [-0.1, -0.05) is 44.0 Å². The first-order valence-electron chi connectivity index (χ1n) is 8.46. The summed E-state index contributed by atoms with van der Waals surface area (Å²) in [7, 11) is -3.92. The molecule has 1 saturated carbocycles. The summed E-state index contributed by atoms with van der Waals surface area (Å²) in [6.45, 7) is 9.23. The molecule has 2 aromatic rings. The topological polar surface area (TPSA) is 51.4 Å². The monoisotopic (exact) mass is 432 g/mol. The first kappa shape index (κ1) is 19.9. The summed E-state index contributed by atoms with van der Waals surface area (Å²) in [5.41, 5.74) is 1.01. The Kier molecular flexibility index (Phi) is 5.34. The van der Waals surface area contributed by atoms with Crippen LogP contribution in [0, 0.1) is 12.8 Å². The average molecular weight is 433 g/mol. The van der Waals surface area contributed by atoms with Crippen molar-refractivity contribution in [2.24, 2.45) is 10.3 Å². The molecule has 8 heteroatoms. The third-order valence-corrected chi connectivity index (χ3v) is 8.05. The third-order valence-electron chi connectivity index (χ3n) is 4.35. The van der Waals surface area contributed by atoms with E-state index in [4.69, 9.17) is 23.2 Å². The Morgan fingerprint density at radius 2 is 1.92 bits per heavy atom. The summed E-state index contributed by atoms with van der Waals surface area (Å²) in [4.78, 5) is 1.63. The van der Waals surface area contributed by atoms with E-state index in [1.807, 2.05) is 11.5 Å². The standard InChI is InChI=1S/C18H22Cl2N2O2S2/c1-11-16(18(2,3)4)25-17(22(11)10-12-5-6-12)21-26(23,24)15-8-7-13(19)9-14(15)20/h7-9,12H,5-6,10H2,1-4H3. The predicted octanol–water partition coefficient (Wildman–Crippen LogP) is 5.16. The molecule has 0 atom stereocenters. The summed E-state index contributed by atoms with van der Waals surface area (Å²) in [6, 6.07) is 4.33. The van der Waals surface area contributed by atoms with Crippen molar-refractivity contribution in [3.8, 4) is 0 Å². The number of thiazole rings is 1. The Balaban J connectivity index is 2.17. The summed E-state index contributed by atoms with van der Waals surface area (Å²) in [6.07, 6.45) is 2.37. The minimum absolute atomic E-state index is 0.0232. The van der Waals surface area contributed by atoms with Crippen molar-refractivity contribution in [3.63, 3.8) is 0 Å². The number of rotatable bonds is 4. The van der Waals surface area contributed by atoms with Crippen LogP contribution in [0.3, 0.4) is 0 Å². The van der Waals surface area contributed by atoms with Crippen LogP contribution in [-0.2, 0) is 22.0 Å². The number of halogens is 2. The van der Waals surface area contributed by atoms with E-state index < -0.39 is 10.0 Å². The van der Waals surface area contributed by atoms with Gasteiger partial charge in [0.1, 0.15) is 4.90 Å². The highest BCUT2D eigenvalue weighted by atomic mass is 35.5. The molecule has 1 heterocycles. The lowest BCUT2D eigenvalue weighted by Crippen LogP contribution is -2.20. The van der Waals surface area contributed by atoms with E-state index in [0.29, 0.717) is 15.7 Å². The van der Waals surface area contributed by atoms with Gasteiger partial charge >= 0.3 is 0 Å². The van der Waals surface area contributed by atoms with Crippen molar-refractivity contribution in [1.82, 2.24) is 4.57 Å². The van der Waals surface area contributed by atoms with E-state index in [1.54, 1.807) is 0 Å². The fraction of sp³-hybridized carbons (Fsp3) is 0.500. The summed E-state index contributed by atoms with van der Waals surface area (Å²) < 4.78 is 31.9. The van der Waals surface area contributed by atoms with Crippen molar-refractivity contribution >= 4 is 44.6 Å². The zero-order chi connectivity index (χ0) is 19.3. The highest BCUT2D eigenvalue weighted by Gasteiger charge is 2.28. The van der Waals surface area contributed by atoms with Gasteiger partial charge in [0.05, 0.1) is 5.02 Å². The minimum atomic E-state index is -3.92. The highest BCUT2D eigenvalue weighted by molar-refractivity contribution is 7.90. The number of aromatic nitrogens is 1. The number of hydrogen-bond acceptors (Lipinski definition) is 3. The third kappa shape index (κ3) is 4.19. The molecular weight excluding hydrogens is 411 g/mol. The molecule has 0 radical (unpaired) electrons. The van der Waals surface area contributed by atoms with Crippen molar-refractivity contribution in [2.45, 2.75) is 57.4 Å². The number of sulfonamides is 1. The Morgan fingerprint density at radius 3 is 2.46 bits per heavy atom. The SMILES string of the molecule is Cc1c(C(C)(C)C)sc(=NS(=O)(=O)c2ccc(Cl)cc2Cl)n1CC1CC1. The number of nitrogens with zero attached hydrogens (tertiary/aromatic N) is 2. The fourth-order valence-corrected chi connectivity index (χ4v) is 6.02. The van der Waals surface area contributed by atoms with Gasteiger partial charge < -0.3 is 4.57 Å². The molecule has 1 fully saturated rings. The average Bonchev–Trinajstić information content (AvgIpc) is 3.25. The van der Waals surface area contributed by atoms with Crippen molar-refractivity contribution in [2.75, 3.05) is 0 Å². The molecule has 1 aromatic carbocycles. The van der Waals surface area contributed by atoms with Crippen molar-refractivity contribution in [3.05, 3.63) is 43.6 Å². The molecule has 4 nitrogen and oxygen atoms in total. The Morgan fingerprint density at radius 1 is 1.27 bits per heavy atom. The number of benzene rings is 1. The van der Waals surface area contributed by atoms with Crippen LogP contribution in [0.1, 0.15) is 44.2 Å². The lowest BCUT2D eigenvalue weighted by atomic mass is 9.93. The Hall–Kier alpha value is -0.820. The van der Waals surface area contributed by atoms with Gasteiger partial charge in [0, 0.05) is 22.1 Å². The highest BCUT2D eigenvalue weighted by Crippen LogP contribution is 2.34. The van der Waals surface area contributed by atoms with Gasteiger partial charge in [0.25, 0.3) is 10.0 Å². The van der Waals surface area contributed by atoms with Crippen LogP contribution >= 0.6 is 34.5 Å². The molecule has 26 heavy (non-hydrogen) atoms. The van der Waals surface area contributed by atoms with Gasteiger partial charge in [-0.25, -0.2) is 0 Å². The molecule has 0 amide bonds. The summed E-state index contributed by atoms with van der Waals surface area (Å²) in [5, 5.41) is 0.471. The molecular formula is C18H22Cl2N2O2S2. The van der Waals surface area contributed by atoms with Gasteiger partial charge in [-0.15, -0.1) is 15.7 Å². The number of hydrogen-bond donors (Lipinski definition) is 0. The first-order chi connectivity index (χ1) is 12.0. The van der Waals surface area contributed by atoms with Crippen LogP contribution in [0.2, 0.25) is 10.0 Å². The van der Waals surface area contributed by atoms with Gasteiger partial charge in [-0.3, -0.25) is 0 Å².